The molecule has 1 unspecified atom stereocenters. The van der Waals surface area contributed by atoms with E-state index in [4.69, 9.17) is 0 Å². The lowest BCUT2D eigenvalue weighted by atomic mass is 9.76. The van der Waals surface area contributed by atoms with Crippen LogP contribution in [0.1, 0.15) is 25.0 Å². The van der Waals surface area contributed by atoms with E-state index in [1.165, 1.54) is 27.8 Å². The highest BCUT2D eigenvalue weighted by Crippen LogP contribution is 2.46. The van der Waals surface area contributed by atoms with Crippen LogP contribution in [0.25, 0.3) is 6.08 Å². The number of rotatable bonds is 2. The fourth-order valence-electron chi connectivity index (χ4n) is 3.55. The molecule has 0 bridgehead atoms. The fraction of sp³-hybridized carbons (Fsp3) is 0.238. The van der Waals surface area contributed by atoms with Gasteiger partial charge in [0.05, 0.1) is 0 Å². The number of hydrogen-bond donors (Lipinski definition) is 0. The van der Waals surface area contributed by atoms with E-state index >= 15 is 0 Å². The molecule has 0 fully saturated rings. The summed E-state index contributed by atoms with van der Waals surface area (Å²) in [4.78, 5) is 0. The van der Waals surface area contributed by atoms with Gasteiger partial charge in [-0.15, -0.1) is 0 Å². The molecule has 0 saturated carbocycles. The van der Waals surface area contributed by atoms with Gasteiger partial charge in [0.15, 0.2) is 0 Å². The van der Waals surface area contributed by atoms with Crippen molar-refractivity contribution >= 4 is 6.08 Å². The SMILES string of the molecule is CC(C)(C1=CC2C=CC=CC2=C1)C1=Cc2ccccc2C1. The molecule has 0 amide bonds. The maximum absolute atomic E-state index is 2.43. The third-order valence-electron chi connectivity index (χ3n) is 5.07. The monoisotopic (exact) mass is 272 g/mol. The molecular weight excluding hydrogens is 252 g/mol. The average molecular weight is 272 g/mol. The van der Waals surface area contributed by atoms with Crippen LogP contribution in [0, 0.1) is 11.3 Å². The molecule has 4 rings (SSSR count). The molecule has 0 aromatic heterocycles. The van der Waals surface area contributed by atoms with Crippen LogP contribution in [-0.2, 0) is 6.42 Å². The van der Waals surface area contributed by atoms with E-state index in [0.29, 0.717) is 5.92 Å². The minimum atomic E-state index is 0.102. The molecule has 3 aliphatic carbocycles. The van der Waals surface area contributed by atoms with Gasteiger partial charge in [0.25, 0.3) is 0 Å². The second-order valence-corrected chi connectivity index (χ2v) is 6.71. The zero-order valence-corrected chi connectivity index (χ0v) is 12.6. The van der Waals surface area contributed by atoms with Crippen molar-refractivity contribution in [1.29, 1.82) is 0 Å². The van der Waals surface area contributed by atoms with Crippen LogP contribution in [0.2, 0.25) is 0 Å². The molecule has 0 heterocycles. The highest BCUT2D eigenvalue weighted by molar-refractivity contribution is 5.67. The van der Waals surface area contributed by atoms with E-state index < -0.39 is 0 Å². The van der Waals surface area contributed by atoms with Gasteiger partial charge in [0.2, 0.25) is 0 Å². The molecule has 1 aromatic rings. The Bertz CT molecular complexity index is 748. The molecular formula is C21H20. The third-order valence-corrected chi connectivity index (χ3v) is 5.07. The molecule has 21 heavy (non-hydrogen) atoms. The Morgan fingerprint density at radius 1 is 1.05 bits per heavy atom. The van der Waals surface area contributed by atoms with Crippen molar-refractivity contribution < 1.29 is 0 Å². The van der Waals surface area contributed by atoms with Crippen LogP contribution >= 0.6 is 0 Å². The molecule has 0 nitrogen and oxygen atoms in total. The first-order valence-electron chi connectivity index (χ1n) is 7.72. The lowest BCUT2D eigenvalue weighted by Crippen LogP contribution is -2.16. The molecule has 1 aromatic carbocycles. The number of benzene rings is 1. The Labute approximate surface area is 126 Å². The summed E-state index contributed by atoms with van der Waals surface area (Å²) >= 11 is 0. The number of fused-ring (bicyclic) bond motifs is 2. The Morgan fingerprint density at radius 3 is 2.71 bits per heavy atom. The molecule has 0 radical (unpaired) electrons. The minimum absolute atomic E-state index is 0.102. The molecule has 0 N–H and O–H groups in total. The van der Waals surface area contributed by atoms with E-state index in [2.05, 4.69) is 80.6 Å². The smallest absolute Gasteiger partial charge is 0.0207 e. The largest absolute Gasteiger partial charge is 0.0732 e. The second kappa shape index (κ2) is 4.46. The fourth-order valence-corrected chi connectivity index (χ4v) is 3.55. The standard InChI is InChI=1S/C21H20/c1-21(2,19-11-15-7-3-4-8-16(15)12-19)20-13-17-9-5-6-10-18(17)14-20/h3-13,15H,14H2,1-2H3. The van der Waals surface area contributed by atoms with Crippen molar-refractivity contribution in [2.24, 2.45) is 11.3 Å². The van der Waals surface area contributed by atoms with Crippen LogP contribution in [0.5, 0.6) is 0 Å². The van der Waals surface area contributed by atoms with E-state index in [1.807, 2.05) is 0 Å². The zero-order valence-electron chi connectivity index (χ0n) is 12.6. The summed E-state index contributed by atoms with van der Waals surface area (Å²) < 4.78 is 0. The van der Waals surface area contributed by atoms with Crippen molar-refractivity contribution in [3.63, 3.8) is 0 Å². The summed E-state index contributed by atoms with van der Waals surface area (Å²) in [5.74, 6) is 0.480. The highest BCUT2D eigenvalue weighted by atomic mass is 14.4. The first-order chi connectivity index (χ1) is 10.1. The maximum atomic E-state index is 2.43. The van der Waals surface area contributed by atoms with Crippen LogP contribution in [0.4, 0.5) is 0 Å². The van der Waals surface area contributed by atoms with Gasteiger partial charge in [-0.1, -0.05) is 86.2 Å². The van der Waals surface area contributed by atoms with Crippen LogP contribution in [-0.4, -0.2) is 0 Å². The quantitative estimate of drug-likeness (QED) is 0.688. The Balaban J connectivity index is 1.69. The lowest BCUT2D eigenvalue weighted by Gasteiger charge is -2.27. The molecule has 3 aliphatic rings. The summed E-state index contributed by atoms with van der Waals surface area (Å²) in [5, 5.41) is 0. The Morgan fingerprint density at radius 2 is 1.90 bits per heavy atom. The summed E-state index contributed by atoms with van der Waals surface area (Å²) in [6.45, 7) is 4.72. The summed E-state index contributed by atoms with van der Waals surface area (Å²) in [5.41, 5.74) is 7.37. The van der Waals surface area contributed by atoms with Gasteiger partial charge in [0.1, 0.15) is 0 Å². The van der Waals surface area contributed by atoms with Crippen molar-refractivity contribution in [3.8, 4) is 0 Å². The molecule has 0 spiro atoms. The Kier molecular flexibility index (Phi) is 2.68. The van der Waals surface area contributed by atoms with Gasteiger partial charge in [0, 0.05) is 11.3 Å². The number of hydrogen-bond acceptors (Lipinski definition) is 0. The van der Waals surface area contributed by atoms with E-state index in [9.17, 15) is 0 Å². The van der Waals surface area contributed by atoms with Crippen LogP contribution < -0.4 is 0 Å². The second-order valence-electron chi connectivity index (χ2n) is 6.71. The summed E-state index contributed by atoms with van der Waals surface area (Å²) in [7, 11) is 0. The van der Waals surface area contributed by atoms with Gasteiger partial charge in [-0.05, 0) is 28.7 Å². The molecule has 0 aliphatic heterocycles. The average Bonchev–Trinajstić information content (AvgIpc) is 3.11. The van der Waals surface area contributed by atoms with Crippen LogP contribution in [0.3, 0.4) is 0 Å². The summed E-state index contributed by atoms with van der Waals surface area (Å²) in [6.07, 6.45) is 17.1. The third kappa shape index (κ3) is 1.98. The topological polar surface area (TPSA) is 0 Å². The van der Waals surface area contributed by atoms with Crippen molar-refractivity contribution in [2.75, 3.05) is 0 Å². The first kappa shape index (κ1) is 12.6. The highest BCUT2D eigenvalue weighted by Gasteiger charge is 2.33. The molecule has 1 atom stereocenters. The maximum Gasteiger partial charge on any atom is 0.0207 e. The molecule has 0 saturated heterocycles. The minimum Gasteiger partial charge on any atom is -0.0732 e. The van der Waals surface area contributed by atoms with E-state index in [1.54, 1.807) is 0 Å². The van der Waals surface area contributed by atoms with E-state index in [-0.39, 0.29) is 5.41 Å². The van der Waals surface area contributed by atoms with Crippen molar-refractivity contribution in [2.45, 2.75) is 20.3 Å². The molecule has 0 heteroatoms. The molecule has 104 valence electrons. The van der Waals surface area contributed by atoms with Crippen molar-refractivity contribution in [3.05, 3.63) is 88.6 Å². The van der Waals surface area contributed by atoms with Crippen LogP contribution in [0.15, 0.2) is 77.4 Å². The lowest BCUT2D eigenvalue weighted by molar-refractivity contribution is 0.545. The zero-order chi connectivity index (χ0) is 14.4. The van der Waals surface area contributed by atoms with Gasteiger partial charge < -0.3 is 0 Å². The predicted molar refractivity (Wildman–Crippen MR) is 89.8 cm³/mol. The van der Waals surface area contributed by atoms with Gasteiger partial charge in [-0.3, -0.25) is 0 Å². The summed E-state index contributed by atoms with van der Waals surface area (Å²) in [6, 6.07) is 8.75. The normalized spacial score (nSPS) is 22.6. The predicted octanol–water partition coefficient (Wildman–Crippen LogP) is 5.26. The van der Waals surface area contributed by atoms with Gasteiger partial charge in [-0.25, -0.2) is 0 Å². The Hall–Kier alpha value is -2.08. The van der Waals surface area contributed by atoms with Crippen molar-refractivity contribution in [1.82, 2.24) is 0 Å². The van der Waals surface area contributed by atoms with Gasteiger partial charge >= 0.3 is 0 Å². The number of allylic oxidation sites excluding steroid dienone is 9. The first-order valence-corrected chi connectivity index (χ1v) is 7.72. The van der Waals surface area contributed by atoms with Gasteiger partial charge in [-0.2, -0.15) is 0 Å². The van der Waals surface area contributed by atoms with E-state index in [0.717, 1.165) is 6.42 Å².